The molecule has 1 fully saturated rings. The molecule has 102 valence electrons. The van der Waals surface area contributed by atoms with Gasteiger partial charge in [-0.05, 0) is 17.7 Å². The Morgan fingerprint density at radius 1 is 0.952 bits per heavy atom. The highest BCUT2D eigenvalue weighted by molar-refractivity contribution is 5.59. The van der Waals surface area contributed by atoms with Gasteiger partial charge in [0.25, 0.3) is 0 Å². The molecule has 0 aliphatic heterocycles. The fraction of sp³-hybridized carbons (Fsp3) is 0.333. The van der Waals surface area contributed by atoms with Crippen LogP contribution in [0.4, 0.5) is 0 Å². The van der Waals surface area contributed by atoms with Crippen molar-refractivity contribution < 1.29 is 9.84 Å². The third kappa shape index (κ3) is 1.79. The van der Waals surface area contributed by atoms with Gasteiger partial charge in [-0.25, -0.2) is 0 Å². The average Bonchev–Trinajstić information content (AvgIpc) is 3.16. The lowest BCUT2D eigenvalue weighted by Crippen LogP contribution is -2.05. The van der Waals surface area contributed by atoms with Crippen LogP contribution in [-0.4, -0.2) is 18.3 Å². The Balaban J connectivity index is 2.36. The molecular weight excluding hydrogens is 268 g/mol. The Morgan fingerprint density at radius 2 is 1.43 bits per heavy atom. The molecule has 21 heavy (non-hydrogen) atoms. The van der Waals surface area contributed by atoms with E-state index in [9.17, 15) is 21.0 Å². The minimum atomic E-state index is -1.63. The highest BCUT2D eigenvalue weighted by Gasteiger charge is 2.81. The Morgan fingerprint density at radius 3 is 1.81 bits per heavy atom. The molecule has 0 spiro atoms. The first kappa shape index (κ1) is 14.4. The molecule has 0 atom stereocenters. The lowest BCUT2D eigenvalue weighted by Gasteiger charge is -2.05. The van der Waals surface area contributed by atoms with Gasteiger partial charge in [0.1, 0.15) is 12.4 Å². The van der Waals surface area contributed by atoms with E-state index in [0.29, 0.717) is 11.3 Å². The van der Waals surface area contributed by atoms with Crippen LogP contribution in [0.2, 0.25) is 0 Å². The fourth-order valence-electron chi connectivity index (χ4n) is 2.56. The van der Waals surface area contributed by atoms with E-state index in [1.54, 1.807) is 24.3 Å². The van der Waals surface area contributed by atoms with Crippen molar-refractivity contribution in [3.8, 4) is 30.0 Å². The van der Waals surface area contributed by atoms with Crippen LogP contribution < -0.4 is 4.74 Å². The van der Waals surface area contributed by atoms with Crippen LogP contribution >= 0.6 is 0 Å². The molecule has 0 radical (unpaired) electrons. The van der Waals surface area contributed by atoms with Crippen LogP contribution in [0.1, 0.15) is 11.5 Å². The van der Waals surface area contributed by atoms with Gasteiger partial charge in [0.05, 0.1) is 36.8 Å². The van der Waals surface area contributed by atoms with Gasteiger partial charge in [0.2, 0.25) is 0 Å². The van der Waals surface area contributed by atoms with Crippen molar-refractivity contribution >= 4 is 0 Å². The van der Waals surface area contributed by atoms with E-state index in [4.69, 9.17) is 9.84 Å². The molecule has 0 saturated heterocycles. The largest absolute Gasteiger partial charge is 0.491 e. The zero-order valence-electron chi connectivity index (χ0n) is 10.9. The molecule has 6 nitrogen and oxygen atoms in total. The van der Waals surface area contributed by atoms with Gasteiger partial charge in [-0.15, -0.1) is 0 Å². The lowest BCUT2D eigenvalue weighted by atomic mass is 9.98. The van der Waals surface area contributed by atoms with Gasteiger partial charge in [-0.2, -0.15) is 21.0 Å². The summed E-state index contributed by atoms with van der Waals surface area (Å²) in [4.78, 5) is 0. The van der Waals surface area contributed by atoms with Crippen LogP contribution in [0.25, 0.3) is 0 Å². The van der Waals surface area contributed by atoms with Crippen LogP contribution in [0, 0.1) is 56.2 Å². The van der Waals surface area contributed by atoms with Crippen molar-refractivity contribution in [1.82, 2.24) is 0 Å². The lowest BCUT2D eigenvalue weighted by molar-refractivity contribution is 0.201. The maximum Gasteiger partial charge on any atom is 0.185 e. The molecule has 1 aromatic rings. The van der Waals surface area contributed by atoms with E-state index >= 15 is 0 Å². The number of nitriles is 4. The molecule has 1 aromatic carbocycles. The molecule has 0 bridgehead atoms. The highest BCUT2D eigenvalue weighted by Crippen LogP contribution is 2.73. The molecule has 1 aliphatic carbocycles. The number of rotatable bonds is 4. The predicted molar refractivity (Wildman–Crippen MR) is 69.1 cm³/mol. The summed E-state index contributed by atoms with van der Waals surface area (Å²) in [5, 5.41) is 45.6. The van der Waals surface area contributed by atoms with Gasteiger partial charge in [-0.3, -0.25) is 0 Å². The summed E-state index contributed by atoms with van der Waals surface area (Å²) in [6.07, 6.45) is 0. The zero-order chi connectivity index (χ0) is 15.5. The third-order valence-electron chi connectivity index (χ3n) is 3.68. The van der Waals surface area contributed by atoms with Crippen molar-refractivity contribution in [3.05, 3.63) is 29.8 Å². The maximum atomic E-state index is 9.23. The summed E-state index contributed by atoms with van der Waals surface area (Å²) in [5.41, 5.74) is -2.70. The van der Waals surface area contributed by atoms with Crippen LogP contribution in [0.3, 0.4) is 0 Å². The molecule has 0 unspecified atom stereocenters. The number of aliphatic hydroxyl groups is 1. The number of ether oxygens (including phenoxy) is 1. The van der Waals surface area contributed by atoms with E-state index in [-0.39, 0.29) is 13.2 Å². The SMILES string of the molecule is N#CC1(C#N)C(c2ccc(OCCO)cc2)C1(C#N)C#N. The van der Waals surface area contributed by atoms with Gasteiger partial charge < -0.3 is 9.84 Å². The highest BCUT2D eigenvalue weighted by atomic mass is 16.5. The van der Waals surface area contributed by atoms with Gasteiger partial charge in [0.15, 0.2) is 10.8 Å². The predicted octanol–water partition coefficient (Wildman–Crippen LogP) is 1.22. The molecule has 2 rings (SSSR count). The Labute approximate surface area is 121 Å². The van der Waals surface area contributed by atoms with Crippen LogP contribution in [0.5, 0.6) is 5.75 Å². The van der Waals surface area contributed by atoms with Crippen molar-refractivity contribution in [2.24, 2.45) is 10.8 Å². The van der Waals surface area contributed by atoms with Gasteiger partial charge in [0, 0.05) is 0 Å². The van der Waals surface area contributed by atoms with Crippen molar-refractivity contribution in [2.75, 3.05) is 13.2 Å². The summed E-state index contributed by atoms with van der Waals surface area (Å²) >= 11 is 0. The van der Waals surface area contributed by atoms with E-state index in [2.05, 4.69) is 0 Å². The number of hydrogen-bond acceptors (Lipinski definition) is 6. The first-order chi connectivity index (χ1) is 10.2. The second kappa shape index (κ2) is 5.14. The molecule has 1 saturated carbocycles. The summed E-state index contributed by atoms with van der Waals surface area (Å²) in [5.74, 6) is -0.241. The topological polar surface area (TPSA) is 125 Å². The fourth-order valence-corrected chi connectivity index (χ4v) is 2.56. The molecule has 1 aliphatic rings. The first-order valence-electron chi connectivity index (χ1n) is 6.14. The summed E-state index contributed by atoms with van der Waals surface area (Å²) in [6.45, 7) is 0.0474. The molecule has 0 heterocycles. The molecular formula is C15H10N4O2. The number of aliphatic hydroxyl groups excluding tert-OH is 1. The Kier molecular flexibility index (Phi) is 3.51. The second-order valence-electron chi connectivity index (χ2n) is 4.64. The van der Waals surface area contributed by atoms with Crippen LogP contribution in [-0.2, 0) is 0 Å². The third-order valence-corrected chi connectivity index (χ3v) is 3.68. The molecule has 1 N–H and O–H groups in total. The van der Waals surface area contributed by atoms with Crippen molar-refractivity contribution in [3.63, 3.8) is 0 Å². The molecule has 0 amide bonds. The summed E-state index contributed by atoms with van der Waals surface area (Å²) in [6, 6.07) is 13.8. The summed E-state index contributed by atoms with van der Waals surface area (Å²) < 4.78 is 5.21. The minimum absolute atomic E-state index is 0.109. The van der Waals surface area contributed by atoms with E-state index in [0.717, 1.165) is 0 Å². The number of benzene rings is 1. The Hall–Kier alpha value is -3.06. The van der Waals surface area contributed by atoms with Crippen molar-refractivity contribution in [2.45, 2.75) is 5.92 Å². The smallest absolute Gasteiger partial charge is 0.185 e. The van der Waals surface area contributed by atoms with Gasteiger partial charge in [-0.1, -0.05) is 12.1 Å². The zero-order valence-corrected chi connectivity index (χ0v) is 10.9. The normalized spacial score (nSPS) is 17.6. The summed E-state index contributed by atoms with van der Waals surface area (Å²) in [7, 11) is 0. The molecule has 6 heteroatoms. The standard InChI is InChI=1S/C15H10N4O2/c16-7-14(8-17)13(15(14,9-18)10-19)11-1-3-12(4-2-11)21-6-5-20/h1-4,13,20H,5-6H2. The number of hydrogen-bond donors (Lipinski definition) is 1. The van der Waals surface area contributed by atoms with Gasteiger partial charge >= 0.3 is 0 Å². The van der Waals surface area contributed by atoms with Crippen molar-refractivity contribution in [1.29, 1.82) is 21.0 Å². The maximum absolute atomic E-state index is 9.23. The average molecular weight is 278 g/mol. The molecule has 0 aromatic heterocycles. The van der Waals surface area contributed by atoms with E-state index in [1.807, 2.05) is 24.3 Å². The minimum Gasteiger partial charge on any atom is -0.491 e. The second-order valence-corrected chi connectivity index (χ2v) is 4.64. The first-order valence-corrected chi connectivity index (χ1v) is 6.14. The monoisotopic (exact) mass is 278 g/mol. The van der Waals surface area contributed by atoms with E-state index in [1.165, 1.54) is 0 Å². The quantitative estimate of drug-likeness (QED) is 0.882. The van der Waals surface area contributed by atoms with E-state index < -0.39 is 16.7 Å². The Bertz CT molecular complexity index is 647. The van der Waals surface area contributed by atoms with Crippen LogP contribution in [0.15, 0.2) is 24.3 Å². The number of nitrogens with zero attached hydrogens (tertiary/aromatic N) is 4.